The van der Waals surface area contributed by atoms with E-state index in [4.69, 9.17) is 0 Å². The first-order valence-electron chi connectivity index (χ1n) is 8.55. The van der Waals surface area contributed by atoms with Crippen LogP contribution in [0.1, 0.15) is 0 Å². The minimum atomic E-state index is -4.87. The molecule has 1 N–H and O–H groups in total. The Bertz CT molecular complexity index is 1470. The van der Waals surface area contributed by atoms with Crippen molar-refractivity contribution in [2.45, 2.75) is 4.90 Å². The first-order valence-corrected chi connectivity index (χ1v) is 9.96. The fraction of sp³-hybridized carbons (Fsp3) is 0. The van der Waals surface area contributed by atoms with Crippen LogP contribution in [-0.2, 0) is 10.1 Å². The van der Waals surface area contributed by atoms with Crippen molar-refractivity contribution in [1.82, 2.24) is 0 Å². The van der Waals surface area contributed by atoms with Crippen LogP contribution in [-0.4, -0.2) is 23.0 Å². The maximum absolute atomic E-state index is 11.6. The predicted octanol–water partition coefficient (Wildman–Crippen LogP) is 1.93. The quantitative estimate of drug-likeness (QED) is 0.167. The summed E-state index contributed by atoms with van der Waals surface area (Å²) in [6.45, 7) is 0. The van der Waals surface area contributed by atoms with Crippen molar-refractivity contribution >= 4 is 48.7 Å². The van der Waals surface area contributed by atoms with E-state index in [2.05, 4.69) is 10.2 Å². The molecule has 0 saturated carbocycles. The van der Waals surface area contributed by atoms with Gasteiger partial charge in [0.15, 0.2) is 5.75 Å². The van der Waals surface area contributed by atoms with Gasteiger partial charge in [-0.25, -0.2) is 8.42 Å². The maximum atomic E-state index is 11.6. The molecule has 0 aliphatic heterocycles. The maximum Gasteiger partial charge on any atom is 1.00 e. The molecule has 11 heteroatoms. The number of phenols is 1. The number of azo groups is 1. The third-order valence-electron chi connectivity index (χ3n) is 4.56. The van der Waals surface area contributed by atoms with Crippen molar-refractivity contribution in [2.75, 3.05) is 0 Å². The molecule has 9 nitrogen and oxygen atoms in total. The molecule has 0 unspecified atom stereocenters. The molecule has 0 spiro atoms. The fourth-order valence-electron chi connectivity index (χ4n) is 3.14. The van der Waals surface area contributed by atoms with Crippen LogP contribution in [0.3, 0.4) is 0 Å². The summed E-state index contributed by atoms with van der Waals surface area (Å²) in [6, 6.07) is 16.3. The summed E-state index contributed by atoms with van der Waals surface area (Å²) in [4.78, 5) is 9.77. The van der Waals surface area contributed by atoms with Gasteiger partial charge in [-0.1, -0.05) is 30.3 Å². The van der Waals surface area contributed by atoms with E-state index >= 15 is 0 Å². The van der Waals surface area contributed by atoms with Crippen molar-refractivity contribution in [1.29, 1.82) is 0 Å². The van der Waals surface area contributed by atoms with Crippen molar-refractivity contribution in [3.05, 3.63) is 76.8 Å². The molecule has 0 atom stereocenters. The minimum absolute atomic E-state index is 0. The minimum Gasteiger partial charge on any atom is -0.744 e. The van der Waals surface area contributed by atoms with E-state index in [0.29, 0.717) is 5.39 Å². The Hall–Kier alpha value is -2.89. The van der Waals surface area contributed by atoms with Crippen molar-refractivity contribution < 1.29 is 52.6 Å². The van der Waals surface area contributed by atoms with E-state index in [1.807, 2.05) is 12.1 Å². The summed E-state index contributed by atoms with van der Waals surface area (Å²) < 4.78 is 34.7. The van der Waals surface area contributed by atoms with Crippen LogP contribution in [0.15, 0.2) is 81.9 Å². The van der Waals surface area contributed by atoms with E-state index in [0.717, 1.165) is 17.5 Å². The monoisotopic (exact) mass is 445 g/mol. The number of nitro groups is 1. The molecule has 31 heavy (non-hydrogen) atoms. The molecule has 0 fully saturated rings. The number of hydrogen-bond acceptors (Lipinski definition) is 8. The molecule has 0 saturated heterocycles. The van der Waals surface area contributed by atoms with Crippen LogP contribution in [0.5, 0.6) is 5.75 Å². The fourth-order valence-corrected chi connectivity index (χ4v) is 3.82. The molecule has 0 bridgehead atoms. The summed E-state index contributed by atoms with van der Waals surface area (Å²) in [5.74, 6) is -0.0736. The third kappa shape index (κ3) is 4.43. The van der Waals surface area contributed by atoms with Crippen LogP contribution in [0.2, 0.25) is 0 Å². The smallest absolute Gasteiger partial charge is 0.744 e. The first-order chi connectivity index (χ1) is 14.3. The largest absolute Gasteiger partial charge is 1.00 e. The van der Waals surface area contributed by atoms with E-state index in [9.17, 15) is 28.2 Å². The second-order valence-electron chi connectivity index (χ2n) is 6.38. The summed E-state index contributed by atoms with van der Waals surface area (Å²) in [5, 5.41) is 31.1. The number of non-ortho nitro benzene ring substituents is 1. The van der Waals surface area contributed by atoms with E-state index in [-0.39, 0.29) is 63.1 Å². The Balaban J connectivity index is 0.00000272. The summed E-state index contributed by atoms with van der Waals surface area (Å²) in [7, 11) is -4.87. The summed E-state index contributed by atoms with van der Waals surface area (Å²) in [6.07, 6.45) is 0. The molecule has 150 valence electrons. The van der Waals surface area contributed by atoms with Gasteiger partial charge in [-0.2, -0.15) is 0 Å². The molecular weight excluding hydrogens is 433 g/mol. The predicted molar refractivity (Wildman–Crippen MR) is 108 cm³/mol. The third-order valence-corrected chi connectivity index (χ3v) is 5.46. The number of hydrogen-bond donors (Lipinski definition) is 1. The van der Waals surface area contributed by atoms with Gasteiger partial charge in [0.05, 0.1) is 15.5 Å². The van der Waals surface area contributed by atoms with Gasteiger partial charge in [0.1, 0.15) is 15.8 Å². The molecule has 0 amide bonds. The standard InChI is InChI=1S/C20H13N3O6S.Na/c24-20-14-4-2-1-3-12(14)5-8-18(20)22-21-17-9-10-19(30(27,28)29)16-11-13(23(25)26)6-7-15(16)17;/h1-11,24H,(H,27,28,29);/q;+1/p-1. The Kier molecular flexibility index (Phi) is 6.39. The molecular formula is C20H12N3NaO6S. The van der Waals surface area contributed by atoms with Gasteiger partial charge in [0.2, 0.25) is 0 Å². The molecule has 0 aliphatic carbocycles. The molecule has 0 radical (unpaired) electrons. The van der Waals surface area contributed by atoms with Crippen LogP contribution in [0.25, 0.3) is 21.5 Å². The zero-order chi connectivity index (χ0) is 21.5. The second kappa shape index (κ2) is 8.69. The average Bonchev–Trinajstić information content (AvgIpc) is 2.72. The van der Waals surface area contributed by atoms with Crippen LogP contribution < -0.4 is 29.6 Å². The number of benzene rings is 4. The van der Waals surface area contributed by atoms with Gasteiger partial charge in [-0.15, -0.1) is 10.2 Å². The number of nitro benzene ring substituents is 1. The summed E-state index contributed by atoms with van der Waals surface area (Å²) in [5.41, 5.74) is -0.00203. The number of fused-ring (bicyclic) bond motifs is 2. The van der Waals surface area contributed by atoms with Gasteiger partial charge in [-0.05, 0) is 29.7 Å². The molecule has 0 aliphatic rings. The molecule has 0 heterocycles. The number of phenolic OH excluding ortho intramolecular Hbond substituents is 1. The van der Waals surface area contributed by atoms with Gasteiger partial charge in [-0.3, -0.25) is 10.1 Å². The Labute approximate surface area is 198 Å². The van der Waals surface area contributed by atoms with Gasteiger partial charge in [0.25, 0.3) is 5.69 Å². The topological polar surface area (TPSA) is 145 Å². The normalized spacial score (nSPS) is 11.6. The summed E-state index contributed by atoms with van der Waals surface area (Å²) >= 11 is 0. The number of nitrogens with zero attached hydrogens (tertiary/aromatic N) is 3. The zero-order valence-electron chi connectivity index (χ0n) is 16.1. The van der Waals surface area contributed by atoms with Gasteiger partial charge in [0, 0.05) is 28.3 Å². The van der Waals surface area contributed by atoms with Gasteiger partial charge < -0.3 is 9.66 Å². The van der Waals surface area contributed by atoms with Crippen molar-refractivity contribution in [3.8, 4) is 5.75 Å². The van der Waals surface area contributed by atoms with Crippen molar-refractivity contribution in [3.63, 3.8) is 0 Å². The Morgan fingerprint density at radius 1 is 0.839 bits per heavy atom. The average molecular weight is 445 g/mol. The molecule has 0 aromatic heterocycles. The van der Waals surface area contributed by atoms with E-state index in [1.165, 1.54) is 18.2 Å². The Morgan fingerprint density at radius 3 is 2.23 bits per heavy atom. The van der Waals surface area contributed by atoms with Crippen LogP contribution >= 0.6 is 0 Å². The molecule has 4 aromatic rings. The molecule has 4 rings (SSSR count). The zero-order valence-corrected chi connectivity index (χ0v) is 18.9. The van der Waals surface area contributed by atoms with Crippen LogP contribution in [0.4, 0.5) is 17.1 Å². The number of rotatable bonds is 4. The second-order valence-corrected chi connectivity index (χ2v) is 7.73. The van der Waals surface area contributed by atoms with E-state index in [1.54, 1.807) is 24.3 Å². The van der Waals surface area contributed by atoms with Crippen molar-refractivity contribution in [2.24, 2.45) is 10.2 Å². The van der Waals surface area contributed by atoms with Gasteiger partial charge >= 0.3 is 29.6 Å². The molecule has 4 aromatic carbocycles. The Morgan fingerprint density at radius 2 is 1.52 bits per heavy atom. The SMILES string of the molecule is O=[N+]([O-])c1ccc2c(N=Nc3ccc4ccccc4c3O)ccc(S(=O)(=O)[O-])c2c1.[Na+]. The first kappa shape index (κ1) is 22.8. The number of aromatic hydroxyl groups is 1. The van der Waals surface area contributed by atoms with Crippen LogP contribution in [0, 0.1) is 10.1 Å². The van der Waals surface area contributed by atoms with E-state index < -0.39 is 19.9 Å².